The number of para-hydroxylation sites is 1. The maximum absolute atomic E-state index is 5.65. The van der Waals surface area contributed by atoms with E-state index in [-0.39, 0.29) is 0 Å². The van der Waals surface area contributed by atoms with Gasteiger partial charge in [0.15, 0.2) is 0 Å². The van der Waals surface area contributed by atoms with Crippen molar-refractivity contribution in [1.29, 1.82) is 0 Å². The molecule has 0 unspecified atom stereocenters. The molecule has 0 saturated carbocycles. The third kappa shape index (κ3) is 2.43. The van der Waals surface area contributed by atoms with Gasteiger partial charge >= 0.3 is 0 Å². The van der Waals surface area contributed by atoms with Gasteiger partial charge in [-0.3, -0.25) is 0 Å². The second kappa shape index (κ2) is 6.21. The smallest absolute Gasteiger partial charge is 0.139 e. The van der Waals surface area contributed by atoms with E-state index in [1.54, 1.807) is 0 Å². The fourth-order valence-electron chi connectivity index (χ4n) is 3.02. The summed E-state index contributed by atoms with van der Waals surface area (Å²) in [6.07, 6.45) is 0. The van der Waals surface area contributed by atoms with Gasteiger partial charge in [-0.05, 0) is 25.1 Å². The van der Waals surface area contributed by atoms with E-state index in [1.807, 2.05) is 41.6 Å². The molecule has 0 bridgehead atoms. The minimum absolute atomic E-state index is 0.593. The van der Waals surface area contributed by atoms with Crippen LogP contribution in [0.15, 0.2) is 66.1 Å². The van der Waals surface area contributed by atoms with E-state index in [1.165, 1.54) is 16.0 Å². The molecule has 0 saturated heterocycles. The zero-order valence-corrected chi connectivity index (χ0v) is 14.3. The van der Waals surface area contributed by atoms with Crippen molar-refractivity contribution in [3.63, 3.8) is 0 Å². The summed E-state index contributed by atoms with van der Waals surface area (Å²) in [5, 5.41) is 4.86. The Balaban J connectivity index is 1.97. The Morgan fingerprint density at radius 3 is 2.71 bits per heavy atom. The largest absolute Gasteiger partial charge is 0.492 e. The van der Waals surface area contributed by atoms with Crippen LogP contribution in [0.3, 0.4) is 0 Å². The van der Waals surface area contributed by atoms with Gasteiger partial charge < -0.3 is 4.74 Å². The highest BCUT2D eigenvalue weighted by Crippen LogP contribution is 2.44. The average Bonchev–Trinajstić information content (AvgIpc) is 3.03. The SMILES string of the molecule is C=C(OCC)c1nn(-c2ccccc2)c2c1CSc1ccccc1-2. The Morgan fingerprint density at radius 2 is 1.92 bits per heavy atom. The van der Waals surface area contributed by atoms with Gasteiger partial charge in [0.25, 0.3) is 0 Å². The van der Waals surface area contributed by atoms with Crippen LogP contribution in [0.5, 0.6) is 0 Å². The van der Waals surface area contributed by atoms with Crippen molar-refractivity contribution >= 4 is 17.5 Å². The Hall–Kier alpha value is -2.46. The first-order valence-corrected chi connectivity index (χ1v) is 8.99. The Morgan fingerprint density at radius 1 is 1.17 bits per heavy atom. The number of fused-ring (bicyclic) bond motifs is 3. The highest BCUT2D eigenvalue weighted by Gasteiger charge is 2.27. The number of ether oxygens (including phenoxy) is 1. The normalized spacial score (nSPS) is 12.4. The van der Waals surface area contributed by atoms with E-state index in [2.05, 4.69) is 43.0 Å². The van der Waals surface area contributed by atoms with Gasteiger partial charge in [-0.2, -0.15) is 5.10 Å². The van der Waals surface area contributed by atoms with Gasteiger partial charge in [-0.1, -0.05) is 43.0 Å². The lowest BCUT2D eigenvalue weighted by atomic mass is 10.1. The molecule has 0 radical (unpaired) electrons. The van der Waals surface area contributed by atoms with Crippen LogP contribution in [0.2, 0.25) is 0 Å². The van der Waals surface area contributed by atoms with E-state index < -0.39 is 0 Å². The van der Waals surface area contributed by atoms with Crippen molar-refractivity contribution in [3.8, 4) is 16.9 Å². The van der Waals surface area contributed by atoms with Gasteiger partial charge in [0.1, 0.15) is 11.5 Å². The number of hydrogen-bond donors (Lipinski definition) is 0. The molecule has 120 valence electrons. The standard InChI is InChI=1S/C20H18N2OS/c1-3-23-14(2)19-17-13-24-18-12-8-7-11-16(18)20(17)22(21-19)15-9-5-4-6-10-15/h4-12H,2-3,13H2,1H3. The Labute approximate surface area is 146 Å². The van der Waals surface area contributed by atoms with E-state index in [0.29, 0.717) is 12.4 Å². The summed E-state index contributed by atoms with van der Waals surface area (Å²) in [6, 6.07) is 18.7. The van der Waals surface area contributed by atoms with Crippen LogP contribution in [0.1, 0.15) is 18.2 Å². The number of hydrogen-bond acceptors (Lipinski definition) is 3. The van der Waals surface area contributed by atoms with Gasteiger partial charge in [0.2, 0.25) is 0 Å². The van der Waals surface area contributed by atoms with Gasteiger partial charge in [0.05, 0.1) is 18.0 Å². The predicted octanol–water partition coefficient (Wildman–Crippen LogP) is 5.15. The lowest BCUT2D eigenvalue weighted by molar-refractivity contribution is 0.297. The first-order chi connectivity index (χ1) is 11.8. The number of rotatable bonds is 4. The molecule has 0 aliphatic carbocycles. The molecule has 0 amide bonds. The molecule has 24 heavy (non-hydrogen) atoms. The summed E-state index contributed by atoms with van der Waals surface area (Å²) >= 11 is 1.84. The van der Waals surface area contributed by atoms with Crippen LogP contribution in [0, 0.1) is 0 Å². The van der Waals surface area contributed by atoms with Crippen molar-refractivity contribution in [1.82, 2.24) is 9.78 Å². The minimum atomic E-state index is 0.593. The first-order valence-electron chi connectivity index (χ1n) is 8.01. The number of aromatic nitrogens is 2. The number of thioether (sulfide) groups is 1. The van der Waals surface area contributed by atoms with Crippen molar-refractivity contribution in [2.24, 2.45) is 0 Å². The van der Waals surface area contributed by atoms with Crippen LogP contribution < -0.4 is 0 Å². The van der Waals surface area contributed by atoms with E-state index in [9.17, 15) is 0 Å². The predicted molar refractivity (Wildman–Crippen MR) is 99.2 cm³/mol. The van der Waals surface area contributed by atoms with Crippen molar-refractivity contribution < 1.29 is 4.74 Å². The minimum Gasteiger partial charge on any atom is -0.492 e. The molecule has 0 fully saturated rings. The lowest BCUT2D eigenvalue weighted by Gasteiger charge is -2.18. The molecule has 1 aliphatic rings. The Kier molecular flexibility index (Phi) is 3.90. The summed E-state index contributed by atoms with van der Waals surface area (Å²) < 4.78 is 7.67. The lowest BCUT2D eigenvalue weighted by Crippen LogP contribution is -2.02. The quantitative estimate of drug-likeness (QED) is 0.617. The highest BCUT2D eigenvalue weighted by molar-refractivity contribution is 7.98. The fraction of sp³-hybridized carbons (Fsp3) is 0.150. The molecule has 3 aromatic rings. The van der Waals surface area contributed by atoms with E-state index >= 15 is 0 Å². The van der Waals surface area contributed by atoms with Crippen molar-refractivity contribution in [3.05, 3.63) is 72.4 Å². The van der Waals surface area contributed by atoms with E-state index in [4.69, 9.17) is 9.84 Å². The summed E-state index contributed by atoms with van der Waals surface area (Å²) in [5.41, 5.74) is 5.46. The molecule has 0 atom stereocenters. The third-order valence-corrected chi connectivity index (χ3v) is 5.18. The first kappa shape index (κ1) is 15.1. The summed E-state index contributed by atoms with van der Waals surface area (Å²) in [5.74, 6) is 1.52. The number of benzene rings is 2. The van der Waals surface area contributed by atoms with Crippen LogP contribution in [-0.4, -0.2) is 16.4 Å². The summed E-state index contributed by atoms with van der Waals surface area (Å²) in [7, 11) is 0. The third-order valence-electron chi connectivity index (χ3n) is 4.08. The highest BCUT2D eigenvalue weighted by atomic mass is 32.2. The van der Waals surface area contributed by atoms with Gasteiger partial charge in [-0.15, -0.1) is 11.8 Å². The molecule has 3 nitrogen and oxygen atoms in total. The molecule has 1 aromatic heterocycles. The van der Waals surface area contributed by atoms with Crippen LogP contribution >= 0.6 is 11.8 Å². The monoisotopic (exact) mass is 334 g/mol. The van der Waals surface area contributed by atoms with Gasteiger partial charge in [0, 0.05) is 21.8 Å². The maximum Gasteiger partial charge on any atom is 0.139 e. The zero-order chi connectivity index (χ0) is 16.5. The number of nitrogens with zero attached hydrogens (tertiary/aromatic N) is 2. The molecule has 2 heterocycles. The molecular formula is C20H18N2OS. The molecule has 2 aromatic carbocycles. The fourth-order valence-corrected chi connectivity index (χ4v) is 4.09. The summed E-state index contributed by atoms with van der Waals surface area (Å²) in [4.78, 5) is 1.29. The van der Waals surface area contributed by atoms with Crippen LogP contribution in [-0.2, 0) is 10.5 Å². The van der Waals surface area contributed by atoms with Crippen molar-refractivity contribution in [2.45, 2.75) is 17.6 Å². The second-order valence-corrected chi connectivity index (χ2v) is 6.58. The molecule has 4 heteroatoms. The molecule has 4 rings (SSSR count). The molecular weight excluding hydrogens is 316 g/mol. The maximum atomic E-state index is 5.65. The topological polar surface area (TPSA) is 27.1 Å². The van der Waals surface area contributed by atoms with Crippen LogP contribution in [0.25, 0.3) is 22.7 Å². The van der Waals surface area contributed by atoms with Crippen molar-refractivity contribution in [2.75, 3.05) is 6.61 Å². The second-order valence-electron chi connectivity index (χ2n) is 5.56. The Bertz CT molecular complexity index is 899. The molecule has 0 spiro atoms. The van der Waals surface area contributed by atoms with Crippen LogP contribution in [0.4, 0.5) is 0 Å². The van der Waals surface area contributed by atoms with Gasteiger partial charge in [-0.25, -0.2) is 4.68 Å². The molecule has 0 N–H and O–H groups in total. The average molecular weight is 334 g/mol. The molecule has 1 aliphatic heterocycles. The zero-order valence-electron chi connectivity index (χ0n) is 13.5. The summed E-state index contributed by atoms with van der Waals surface area (Å²) in [6.45, 7) is 6.64. The van der Waals surface area contributed by atoms with E-state index in [0.717, 1.165) is 22.8 Å².